The Balaban J connectivity index is 1.93. The van der Waals surface area contributed by atoms with Crippen molar-refractivity contribution >= 4 is 22.7 Å². The Kier molecular flexibility index (Phi) is 5.24. The first kappa shape index (κ1) is 21.0. The van der Waals surface area contributed by atoms with Crippen LogP contribution < -0.4 is 4.74 Å². The number of aromatic nitrogens is 4. The second kappa shape index (κ2) is 7.76. The highest BCUT2D eigenvalue weighted by molar-refractivity contribution is 6.08. The molecule has 1 aliphatic rings. The Morgan fingerprint density at radius 2 is 1.94 bits per heavy atom. The molecule has 0 saturated heterocycles. The minimum Gasteiger partial charge on any atom is -0.491 e. The molecule has 162 valence electrons. The molecule has 0 saturated carbocycles. The first-order chi connectivity index (χ1) is 14.6. The largest absolute Gasteiger partial charge is 0.491 e. The Labute approximate surface area is 180 Å². The Hall–Kier alpha value is -3.29. The number of ketones is 1. The van der Waals surface area contributed by atoms with Crippen molar-refractivity contribution in [1.82, 2.24) is 19.7 Å². The van der Waals surface area contributed by atoms with Crippen molar-refractivity contribution in [2.24, 2.45) is 0 Å². The van der Waals surface area contributed by atoms with E-state index in [0.717, 1.165) is 29.5 Å². The molecule has 1 aliphatic heterocycles. The van der Waals surface area contributed by atoms with Crippen LogP contribution in [0.15, 0.2) is 18.5 Å². The molecule has 0 spiro atoms. The number of aryl methyl sites for hydroxylation is 1. The molecule has 8 heteroatoms. The van der Waals surface area contributed by atoms with E-state index in [9.17, 15) is 9.59 Å². The second-order valence-electron chi connectivity index (χ2n) is 8.75. The standard InChI is InChI=1S/C23H26N4O4/c1-13(28)20-18-9-17(15-10-24-14(2)25-11-15)16-7-6-8-30-22(16)21(18)27(26-20)12-19(29)31-23(3,4)5/h9-11H,6-8,12H2,1-5H3. The summed E-state index contributed by atoms with van der Waals surface area (Å²) in [6.07, 6.45) is 5.23. The van der Waals surface area contributed by atoms with E-state index in [1.807, 2.05) is 33.8 Å². The van der Waals surface area contributed by atoms with Crippen LogP contribution in [0.2, 0.25) is 0 Å². The fourth-order valence-electron chi connectivity index (χ4n) is 3.84. The van der Waals surface area contributed by atoms with E-state index in [4.69, 9.17) is 9.47 Å². The van der Waals surface area contributed by atoms with E-state index in [2.05, 4.69) is 15.1 Å². The molecule has 0 radical (unpaired) electrons. The van der Waals surface area contributed by atoms with Gasteiger partial charge in [0.05, 0.1) is 6.61 Å². The number of ether oxygens (including phenoxy) is 2. The predicted octanol–water partition coefficient (Wildman–Crippen LogP) is 3.67. The van der Waals surface area contributed by atoms with E-state index in [1.54, 1.807) is 12.4 Å². The number of carbonyl (C=O) groups is 2. The third kappa shape index (κ3) is 4.15. The van der Waals surface area contributed by atoms with E-state index >= 15 is 0 Å². The molecule has 0 amide bonds. The van der Waals surface area contributed by atoms with Crippen molar-refractivity contribution in [2.45, 2.75) is 59.6 Å². The quantitative estimate of drug-likeness (QED) is 0.467. The lowest BCUT2D eigenvalue weighted by molar-refractivity contribution is -0.155. The van der Waals surface area contributed by atoms with E-state index < -0.39 is 11.6 Å². The first-order valence-electron chi connectivity index (χ1n) is 10.3. The van der Waals surface area contributed by atoms with Crippen LogP contribution in [0.1, 0.15) is 56.0 Å². The molecule has 3 heterocycles. The van der Waals surface area contributed by atoms with Crippen LogP contribution in [-0.4, -0.2) is 43.7 Å². The van der Waals surface area contributed by atoms with Gasteiger partial charge in [-0.2, -0.15) is 5.10 Å². The summed E-state index contributed by atoms with van der Waals surface area (Å²) >= 11 is 0. The third-order valence-corrected chi connectivity index (χ3v) is 5.03. The molecular weight excluding hydrogens is 396 g/mol. The normalized spacial score (nSPS) is 13.6. The van der Waals surface area contributed by atoms with Gasteiger partial charge in [-0.15, -0.1) is 0 Å². The third-order valence-electron chi connectivity index (χ3n) is 5.03. The van der Waals surface area contributed by atoms with Crippen LogP contribution in [0.4, 0.5) is 0 Å². The second-order valence-corrected chi connectivity index (χ2v) is 8.75. The van der Waals surface area contributed by atoms with Gasteiger partial charge in [-0.1, -0.05) is 0 Å². The average Bonchev–Trinajstić information content (AvgIpc) is 3.05. The molecule has 3 aromatic rings. The summed E-state index contributed by atoms with van der Waals surface area (Å²) in [5, 5.41) is 5.12. The molecule has 0 atom stereocenters. The number of esters is 1. The number of nitrogens with zero attached hydrogens (tertiary/aromatic N) is 4. The lowest BCUT2D eigenvalue weighted by atomic mass is 9.93. The predicted molar refractivity (Wildman–Crippen MR) is 115 cm³/mol. The Morgan fingerprint density at radius 1 is 1.23 bits per heavy atom. The van der Waals surface area contributed by atoms with Crippen molar-refractivity contribution in [3.8, 4) is 16.9 Å². The summed E-state index contributed by atoms with van der Waals surface area (Å²) in [5.74, 6) is 0.731. The van der Waals surface area contributed by atoms with Crippen LogP contribution >= 0.6 is 0 Å². The van der Waals surface area contributed by atoms with Gasteiger partial charge in [0.25, 0.3) is 0 Å². The fraction of sp³-hybridized carbons (Fsp3) is 0.435. The van der Waals surface area contributed by atoms with Crippen molar-refractivity contribution in [1.29, 1.82) is 0 Å². The zero-order valence-corrected chi connectivity index (χ0v) is 18.5. The molecule has 0 unspecified atom stereocenters. The highest BCUT2D eigenvalue weighted by atomic mass is 16.6. The molecule has 4 rings (SSSR count). The van der Waals surface area contributed by atoms with Gasteiger partial charge in [-0.3, -0.25) is 9.59 Å². The Morgan fingerprint density at radius 3 is 2.58 bits per heavy atom. The zero-order chi connectivity index (χ0) is 22.3. The summed E-state index contributed by atoms with van der Waals surface area (Å²) in [6, 6.07) is 1.94. The van der Waals surface area contributed by atoms with Gasteiger partial charge in [0.2, 0.25) is 0 Å². The number of rotatable bonds is 4. The fourth-order valence-corrected chi connectivity index (χ4v) is 3.84. The molecule has 0 bridgehead atoms. The molecule has 0 N–H and O–H groups in total. The number of hydrogen-bond acceptors (Lipinski definition) is 7. The first-order valence-corrected chi connectivity index (χ1v) is 10.3. The maximum atomic E-state index is 12.5. The summed E-state index contributed by atoms with van der Waals surface area (Å²) in [7, 11) is 0. The molecule has 2 aromatic heterocycles. The molecule has 31 heavy (non-hydrogen) atoms. The van der Waals surface area contributed by atoms with Crippen molar-refractivity contribution < 1.29 is 19.1 Å². The van der Waals surface area contributed by atoms with Gasteiger partial charge in [0, 0.05) is 35.8 Å². The highest BCUT2D eigenvalue weighted by Gasteiger charge is 2.27. The topological polar surface area (TPSA) is 96.2 Å². The minimum absolute atomic E-state index is 0.107. The number of hydrogen-bond donors (Lipinski definition) is 0. The summed E-state index contributed by atoms with van der Waals surface area (Å²) in [6.45, 7) is 9.19. The van der Waals surface area contributed by atoms with Crippen molar-refractivity contribution in [3.05, 3.63) is 35.5 Å². The maximum absolute atomic E-state index is 12.5. The monoisotopic (exact) mass is 422 g/mol. The van der Waals surface area contributed by atoms with Gasteiger partial charge >= 0.3 is 5.97 Å². The highest BCUT2D eigenvalue weighted by Crippen LogP contribution is 2.41. The maximum Gasteiger partial charge on any atom is 0.328 e. The van der Waals surface area contributed by atoms with Crippen LogP contribution in [0.5, 0.6) is 5.75 Å². The molecule has 0 fully saturated rings. The van der Waals surface area contributed by atoms with E-state index in [-0.39, 0.29) is 12.3 Å². The number of benzene rings is 1. The lowest BCUT2D eigenvalue weighted by Crippen LogP contribution is -2.27. The minimum atomic E-state index is -0.613. The number of Topliss-reactive ketones (excluding diaryl/α,β-unsaturated/α-hetero) is 1. The van der Waals surface area contributed by atoms with Gasteiger partial charge in [0.15, 0.2) is 5.78 Å². The smallest absolute Gasteiger partial charge is 0.328 e. The number of carbonyl (C=O) groups excluding carboxylic acids is 2. The van der Waals surface area contributed by atoms with Gasteiger partial charge in [0.1, 0.15) is 34.9 Å². The summed E-state index contributed by atoms with van der Waals surface area (Å²) in [4.78, 5) is 33.5. The van der Waals surface area contributed by atoms with Gasteiger partial charge < -0.3 is 9.47 Å². The van der Waals surface area contributed by atoms with E-state index in [0.29, 0.717) is 34.8 Å². The molecule has 8 nitrogen and oxygen atoms in total. The van der Waals surface area contributed by atoms with Gasteiger partial charge in [-0.05, 0) is 52.2 Å². The van der Waals surface area contributed by atoms with Crippen molar-refractivity contribution in [2.75, 3.05) is 6.61 Å². The van der Waals surface area contributed by atoms with E-state index in [1.165, 1.54) is 11.6 Å². The molecule has 0 aliphatic carbocycles. The van der Waals surface area contributed by atoms with Gasteiger partial charge in [-0.25, -0.2) is 14.6 Å². The van der Waals surface area contributed by atoms with Crippen LogP contribution in [0, 0.1) is 6.92 Å². The summed E-state index contributed by atoms with van der Waals surface area (Å²) < 4.78 is 13.1. The Bertz CT molecular complexity index is 1170. The summed E-state index contributed by atoms with van der Waals surface area (Å²) in [5.41, 5.74) is 3.10. The number of fused-ring (bicyclic) bond motifs is 3. The van der Waals surface area contributed by atoms with Crippen molar-refractivity contribution in [3.63, 3.8) is 0 Å². The molecule has 1 aromatic carbocycles. The SMILES string of the molecule is CC(=O)c1nn(CC(=O)OC(C)(C)C)c2c3c(c(-c4cnc(C)nc4)cc12)CCCO3. The average molecular weight is 422 g/mol. The molecular formula is C23H26N4O4. The van der Waals surface area contributed by atoms with Crippen LogP contribution in [0.25, 0.3) is 22.0 Å². The lowest BCUT2D eigenvalue weighted by Gasteiger charge is -2.23. The van der Waals surface area contributed by atoms with Crippen LogP contribution in [-0.2, 0) is 22.5 Å². The zero-order valence-electron chi connectivity index (χ0n) is 18.5. The van der Waals surface area contributed by atoms with Crippen LogP contribution in [0.3, 0.4) is 0 Å².